The van der Waals surface area contributed by atoms with Crippen LogP contribution in [0.2, 0.25) is 10.0 Å². The maximum Gasteiger partial charge on any atom is 0.271 e. The summed E-state index contributed by atoms with van der Waals surface area (Å²) in [6.07, 6.45) is 1.57. The van der Waals surface area contributed by atoms with Crippen molar-refractivity contribution in [2.75, 3.05) is 5.32 Å². The predicted octanol–water partition coefficient (Wildman–Crippen LogP) is 4.79. The summed E-state index contributed by atoms with van der Waals surface area (Å²) in [6.45, 7) is 3.77. The number of aliphatic imine (C=N–C) groups is 1. The van der Waals surface area contributed by atoms with Crippen LogP contribution >= 0.6 is 34.7 Å². The first-order chi connectivity index (χ1) is 13.3. The summed E-state index contributed by atoms with van der Waals surface area (Å²) in [7, 11) is 0. The number of H-pyrrole nitrogens is 1. The number of ether oxygens (including phenoxy) is 1. The first kappa shape index (κ1) is 20.2. The molecule has 0 radical (unpaired) electrons. The number of nitrogens with one attached hydrogen (secondary N) is 2. The zero-order valence-electron chi connectivity index (χ0n) is 15.0. The molecule has 3 rings (SSSR count). The summed E-state index contributed by atoms with van der Waals surface area (Å²) >= 11 is 13.2. The summed E-state index contributed by atoms with van der Waals surface area (Å²) < 4.78 is 8.31. The van der Waals surface area contributed by atoms with Crippen molar-refractivity contribution in [1.82, 2.24) is 9.36 Å². The minimum absolute atomic E-state index is 0.0245. The van der Waals surface area contributed by atoms with E-state index in [1.807, 2.05) is 13.8 Å². The van der Waals surface area contributed by atoms with E-state index in [0.717, 1.165) is 11.5 Å². The second kappa shape index (κ2) is 8.64. The van der Waals surface area contributed by atoms with Crippen LogP contribution in [-0.4, -0.2) is 21.2 Å². The third kappa shape index (κ3) is 4.83. The van der Waals surface area contributed by atoms with Gasteiger partial charge in [0.05, 0.1) is 16.9 Å². The average Bonchev–Trinajstić information content (AvgIpc) is 2.99. The van der Waals surface area contributed by atoms with Crippen LogP contribution in [0.15, 0.2) is 46.3 Å². The van der Waals surface area contributed by atoms with Crippen LogP contribution < -0.4 is 21.3 Å². The molecule has 0 saturated heterocycles. The van der Waals surface area contributed by atoms with Gasteiger partial charge in [-0.3, -0.25) is 14.2 Å². The molecule has 10 heteroatoms. The van der Waals surface area contributed by atoms with Gasteiger partial charge >= 0.3 is 0 Å². The zero-order chi connectivity index (χ0) is 20.3. The highest BCUT2D eigenvalue weighted by Gasteiger charge is 2.15. The van der Waals surface area contributed by atoms with Crippen LogP contribution in [0.1, 0.15) is 19.4 Å². The summed E-state index contributed by atoms with van der Waals surface area (Å²) in [5, 5.41) is 4.61. The third-order valence-corrected chi connectivity index (χ3v) is 4.80. The molecule has 28 heavy (non-hydrogen) atoms. The van der Waals surface area contributed by atoms with Crippen LogP contribution in [0.4, 0.5) is 10.7 Å². The van der Waals surface area contributed by atoms with E-state index in [-0.39, 0.29) is 17.4 Å². The number of rotatable bonds is 6. The van der Waals surface area contributed by atoms with E-state index < -0.39 is 0 Å². The molecule has 0 atom stereocenters. The number of nitrogens with two attached hydrogens (primary N) is 1. The minimum atomic E-state index is -0.294. The van der Waals surface area contributed by atoms with Gasteiger partial charge in [0.2, 0.25) is 5.88 Å². The average molecular weight is 438 g/mol. The highest BCUT2D eigenvalue weighted by Crippen LogP contribution is 2.31. The zero-order valence-corrected chi connectivity index (χ0v) is 17.3. The van der Waals surface area contributed by atoms with Crippen LogP contribution in [0, 0.1) is 0 Å². The topological polar surface area (TPSA) is 105 Å². The van der Waals surface area contributed by atoms with Crippen LogP contribution in [0.5, 0.6) is 11.6 Å². The Bertz CT molecular complexity index is 1060. The lowest BCUT2D eigenvalue weighted by atomic mass is 10.3. The van der Waals surface area contributed by atoms with E-state index in [2.05, 4.69) is 19.7 Å². The normalized spacial score (nSPS) is 11.7. The van der Waals surface area contributed by atoms with Crippen molar-refractivity contribution in [3.8, 4) is 11.6 Å². The summed E-state index contributed by atoms with van der Waals surface area (Å²) in [6, 6.07) is 8.32. The number of aromatic nitrogens is 2. The first-order valence-corrected chi connectivity index (χ1v) is 9.82. The van der Waals surface area contributed by atoms with Gasteiger partial charge in [-0.15, -0.1) is 0 Å². The fourth-order valence-corrected chi connectivity index (χ4v) is 3.36. The van der Waals surface area contributed by atoms with E-state index in [9.17, 15) is 4.79 Å². The van der Waals surface area contributed by atoms with E-state index in [1.165, 1.54) is 0 Å². The number of nitrogens with zero attached hydrogens (tertiary/aromatic N) is 2. The molecule has 0 bridgehead atoms. The molecule has 0 unspecified atom stereocenters. The SMILES string of the molecule is CC(C)N=C(N)c1c(Nc2ccc(Oc3cc(Cl)ccc3Cl)nc2)s[nH]c1=O. The summed E-state index contributed by atoms with van der Waals surface area (Å²) in [5.41, 5.74) is 6.64. The Labute approximate surface area is 175 Å². The van der Waals surface area contributed by atoms with Crippen LogP contribution in [0.25, 0.3) is 0 Å². The molecule has 3 aromatic rings. The number of hydrogen-bond donors (Lipinski definition) is 3. The largest absolute Gasteiger partial charge is 0.437 e. The molecule has 1 aromatic carbocycles. The van der Waals surface area contributed by atoms with Gasteiger partial charge in [-0.2, -0.15) is 0 Å². The molecule has 4 N–H and O–H groups in total. The number of anilines is 2. The Morgan fingerprint density at radius 3 is 2.79 bits per heavy atom. The Morgan fingerprint density at radius 1 is 1.32 bits per heavy atom. The van der Waals surface area contributed by atoms with Crippen molar-refractivity contribution in [1.29, 1.82) is 0 Å². The van der Waals surface area contributed by atoms with Crippen LogP contribution in [-0.2, 0) is 0 Å². The van der Waals surface area contributed by atoms with Crippen LogP contribution in [0.3, 0.4) is 0 Å². The van der Waals surface area contributed by atoms with Gasteiger partial charge in [-0.25, -0.2) is 4.98 Å². The lowest BCUT2D eigenvalue weighted by Gasteiger charge is -2.09. The molecule has 146 valence electrons. The maximum absolute atomic E-state index is 12.1. The molecule has 0 aliphatic heterocycles. The lowest BCUT2D eigenvalue weighted by molar-refractivity contribution is 0.463. The minimum Gasteiger partial charge on any atom is -0.437 e. The van der Waals surface area contributed by atoms with Crippen molar-refractivity contribution < 1.29 is 4.74 Å². The molecule has 0 aliphatic carbocycles. The van der Waals surface area contributed by atoms with Gasteiger partial charge in [-0.1, -0.05) is 23.2 Å². The molecular weight excluding hydrogens is 421 g/mol. The Balaban J connectivity index is 1.79. The fraction of sp³-hybridized carbons (Fsp3) is 0.167. The van der Waals surface area contributed by atoms with Crippen molar-refractivity contribution >= 4 is 51.3 Å². The van der Waals surface area contributed by atoms with Crippen molar-refractivity contribution in [3.05, 3.63) is 62.5 Å². The molecule has 0 aliphatic rings. The van der Waals surface area contributed by atoms with E-state index in [1.54, 1.807) is 36.5 Å². The van der Waals surface area contributed by atoms with E-state index in [0.29, 0.717) is 37.9 Å². The summed E-state index contributed by atoms with van der Waals surface area (Å²) in [4.78, 5) is 20.5. The maximum atomic E-state index is 12.1. The number of halogens is 2. The van der Waals surface area contributed by atoms with Gasteiger partial charge in [-0.05, 0) is 43.6 Å². The quantitative estimate of drug-likeness (QED) is 0.379. The highest BCUT2D eigenvalue weighted by atomic mass is 35.5. The summed E-state index contributed by atoms with van der Waals surface area (Å²) in [5.74, 6) is 0.938. The second-order valence-corrected chi connectivity index (χ2v) is 7.69. The smallest absolute Gasteiger partial charge is 0.271 e. The predicted molar refractivity (Wildman–Crippen MR) is 115 cm³/mol. The molecule has 0 fully saturated rings. The van der Waals surface area contributed by atoms with Crippen molar-refractivity contribution in [2.24, 2.45) is 10.7 Å². The molecule has 2 heterocycles. The third-order valence-electron chi connectivity index (χ3n) is 3.46. The van der Waals surface area contributed by atoms with Gasteiger partial charge in [0.25, 0.3) is 5.56 Å². The Kier molecular flexibility index (Phi) is 6.23. The first-order valence-electron chi connectivity index (χ1n) is 8.24. The van der Waals surface area contributed by atoms with E-state index in [4.69, 9.17) is 33.7 Å². The molecule has 0 spiro atoms. The highest BCUT2D eigenvalue weighted by molar-refractivity contribution is 7.10. The number of pyridine rings is 1. The Morgan fingerprint density at radius 2 is 2.11 bits per heavy atom. The van der Waals surface area contributed by atoms with Gasteiger partial charge in [0, 0.05) is 23.2 Å². The molecular formula is C18H17Cl2N5O2S. The number of amidine groups is 1. The molecule has 0 saturated carbocycles. The Hall–Kier alpha value is -2.55. The second-order valence-electron chi connectivity index (χ2n) is 6.03. The molecule has 2 aromatic heterocycles. The standard InChI is InChI=1S/C18H17Cl2N5O2S/c1-9(2)23-16(21)15-17(26)25-28-18(15)24-11-4-6-14(22-8-11)27-13-7-10(19)3-5-12(13)20/h3-9,24H,1-2H3,(H2,21,23)(H,25,26). The van der Waals surface area contributed by atoms with Crippen molar-refractivity contribution in [2.45, 2.75) is 19.9 Å². The monoisotopic (exact) mass is 437 g/mol. The molecule has 0 amide bonds. The van der Waals surface area contributed by atoms with Gasteiger partial charge in [0.15, 0.2) is 0 Å². The van der Waals surface area contributed by atoms with E-state index >= 15 is 0 Å². The van der Waals surface area contributed by atoms with Gasteiger partial charge < -0.3 is 15.8 Å². The number of benzene rings is 1. The van der Waals surface area contributed by atoms with Crippen molar-refractivity contribution in [3.63, 3.8) is 0 Å². The fourth-order valence-electron chi connectivity index (χ4n) is 2.28. The van der Waals surface area contributed by atoms with Gasteiger partial charge in [0.1, 0.15) is 22.1 Å². The lowest BCUT2D eigenvalue weighted by Crippen LogP contribution is -2.23. The number of aromatic amines is 1. The number of hydrogen-bond acceptors (Lipinski definition) is 6. The molecule has 7 nitrogen and oxygen atoms in total.